The molecule has 0 aliphatic heterocycles. The van der Waals surface area contributed by atoms with Gasteiger partial charge in [0.1, 0.15) is 10.4 Å². The molecule has 0 aliphatic rings. The van der Waals surface area contributed by atoms with Crippen molar-refractivity contribution in [1.82, 2.24) is 9.59 Å². The van der Waals surface area contributed by atoms with E-state index in [9.17, 15) is 36.9 Å². The number of nitro benzene ring substituents is 1. The Morgan fingerprint density at radius 3 is 2.54 bits per heavy atom. The highest BCUT2D eigenvalue weighted by atomic mass is 32.1. The molecule has 24 heavy (non-hydrogen) atoms. The van der Waals surface area contributed by atoms with Crippen molar-refractivity contribution in [3.05, 3.63) is 44.4 Å². The first-order chi connectivity index (χ1) is 11.1. The quantitative estimate of drug-likeness (QED) is 0.505. The SMILES string of the molecule is O=C(Nc1ccc([N+](=O)[O-])c(C(F)(F)F)c1)c1snnc1C(F)F. The Morgan fingerprint density at radius 2 is 2.00 bits per heavy atom. The number of carbonyl (C=O) groups is 1. The van der Waals surface area contributed by atoms with Crippen LogP contribution in [0.15, 0.2) is 18.2 Å². The first kappa shape index (κ1) is 17.7. The van der Waals surface area contributed by atoms with E-state index in [2.05, 4.69) is 9.59 Å². The Hall–Kier alpha value is -2.70. The highest BCUT2D eigenvalue weighted by molar-refractivity contribution is 7.08. The topological polar surface area (TPSA) is 98.0 Å². The summed E-state index contributed by atoms with van der Waals surface area (Å²) in [5.74, 6) is -1.15. The summed E-state index contributed by atoms with van der Waals surface area (Å²) in [5.41, 5.74) is -4.14. The highest BCUT2D eigenvalue weighted by Gasteiger charge is 2.38. The van der Waals surface area contributed by atoms with E-state index in [1.165, 1.54) is 0 Å². The molecule has 13 heteroatoms. The van der Waals surface area contributed by atoms with Gasteiger partial charge in [-0.1, -0.05) is 4.49 Å². The van der Waals surface area contributed by atoms with Gasteiger partial charge >= 0.3 is 6.18 Å². The van der Waals surface area contributed by atoms with Crippen molar-refractivity contribution in [2.45, 2.75) is 12.6 Å². The summed E-state index contributed by atoms with van der Waals surface area (Å²) in [6, 6.07) is 1.74. The predicted octanol–water partition coefficient (Wildman–Crippen LogP) is 3.66. The highest BCUT2D eigenvalue weighted by Crippen LogP contribution is 2.37. The number of hydrogen-bond donors (Lipinski definition) is 1. The number of carbonyl (C=O) groups excluding carboxylic acids is 1. The number of hydrogen-bond acceptors (Lipinski definition) is 6. The third kappa shape index (κ3) is 3.61. The van der Waals surface area contributed by atoms with Gasteiger partial charge in [-0.05, 0) is 23.7 Å². The normalized spacial score (nSPS) is 11.6. The van der Waals surface area contributed by atoms with Crippen molar-refractivity contribution in [3.63, 3.8) is 0 Å². The number of alkyl halides is 5. The lowest BCUT2D eigenvalue weighted by atomic mass is 10.1. The molecule has 0 aliphatic carbocycles. The fraction of sp³-hybridized carbons (Fsp3) is 0.182. The molecule has 0 unspecified atom stereocenters. The fourth-order valence-electron chi connectivity index (χ4n) is 1.69. The largest absolute Gasteiger partial charge is 0.423 e. The molecule has 1 aromatic heterocycles. The molecule has 0 saturated heterocycles. The summed E-state index contributed by atoms with van der Waals surface area (Å²) in [5, 5.41) is 15.6. The molecular weight excluding hydrogens is 363 g/mol. The monoisotopic (exact) mass is 368 g/mol. The Labute approximate surface area is 133 Å². The van der Waals surface area contributed by atoms with E-state index in [1.807, 2.05) is 5.32 Å². The zero-order valence-corrected chi connectivity index (χ0v) is 12.0. The van der Waals surface area contributed by atoms with Crippen LogP contribution >= 0.6 is 11.5 Å². The molecule has 1 heterocycles. The van der Waals surface area contributed by atoms with Crippen LogP contribution < -0.4 is 5.32 Å². The molecule has 128 valence electrons. The molecule has 7 nitrogen and oxygen atoms in total. The third-order valence-corrected chi connectivity index (χ3v) is 3.42. The van der Waals surface area contributed by atoms with Gasteiger partial charge in [-0.25, -0.2) is 8.78 Å². The van der Waals surface area contributed by atoms with Gasteiger partial charge in [0.15, 0.2) is 5.69 Å². The molecule has 0 radical (unpaired) electrons. The molecule has 1 N–H and O–H groups in total. The van der Waals surface area contributed by atoms with Gasteiger partial charge < -0.3 is 5.32 Å². The third-order valence-electron chi connectivity index (χ3n) is 2.68. The summed E-state index contributed by atoms with van der Waals surface area (Å²) in [6.07, 6.45) is -8.13. The van der Waals surface area contributed by atoms with Gasteiger partial charge in [-0.2, -0.15) is 13.2 Å². The molecule has 0 saturated carbocycles. The average Bonchev–Trinajstić information content (AvgIpc) is 2.95. The number of nitro groups is 1. The summed E-state index contributed by atoms with van der Waals surface area (Å²) in [4.78, 5) is 20.7. The van der Waals surface area contributed by atoms with E-state index in [0.29, 0.717) is 23.7 Å². The van der Waals surface area contributed by atoms with E-state index >= 15 is 0 Å². The number of aromatic nitrogens is 2. The van der Waals surface area contributed by atoms with Gasteiger partial charge in [-0.15, -0.1) is 5.10 Å². The smallest absolute Gasteiger partial charge is 0.321 e. The minimum absolute atomic E-state index is 0.339. The molecule has 0 bridgehead atoms. The first-order valence-corrected chi connectivity index (χ1v) is 6.66. The maximum Gasteiger partial charge on any atom is 0.423 e. The van der Waals surface area contributed by atoms with E-state index < -0.39 is 50.9 Å². The number of amides is 1. The second-order valence-corrected chi connectivity index (χ2v) is 4.98. The number of benzene rings is 1. The number of rotatable bonds is 4. The molecule has 0 atom stereocenters. The van der Waals surface area contributed by atoms with E-state index in [4.69, 9.17) is 0 Å². The standard InChI is InChI=1S/C11H5F5N4O3S/c12-9(13)7-8(24-19-18-7)10(21)17-4-1-2-6(20(22)23)5(3-4)11(14,15)16/h1-3,9H,(H,17,21). The second-order valence-electron chi connectivity index (χ2n) is 4.23. The van der Waals surface area contributed by atoms with Crippen LogP contribution in [0.3, 0.4) is 0 Å². The van der Waals surface area contributed by atoms with Crippen LogP contribution in [0, 0.1) is 10.1 Å². The van der Waals surface area contributed by atoms with E-state index in [1.54, 1.807) is 0 Å². The van der Waals surface area contributed by atoms with Crippen LogP contribution in [0.4, 0.5) is 33.3 Å². The molecule has 0 fully saturated rings. The lowest BCUT2D eigenvalue weighted by molar-refractivity contribution is -0.388. The summed E-state index contributed by atoms with van der Waals surface area (Å²) in [6.45, 7) is 0. The van der Waals surface area contributed by atoms with Crippen LogP contribution in [-0.2, 0) is 6.18 Å². The maximum atomic E-state index is 12.8. The first-order valence-electron chi connectivity index (χ1n) is 5.88. The summed E-state index contributed by atoms with van der Waals surface area (Å²) >= 11 is 0.339. The van der Waals surface area contributed by atoms with Crippen molar-refractivity contribution in [3.8, 4) is 0 Å². The van der Waals surface area contributed by atoms with Crippen LogP contribution in [0.25, 0.3) is 0 Å². The van der Waals surface area contributed by atoms with Crippen LogP contribution in [0.5, 0.6) is 0 Å². The molecule has 1 amide bonds. The zero-order chi connectivity index (χ0) is 18.1. The lowest BCUT2D eigenvalue weighted by Gasteiger charge is -2.10. The minimum atomic E-state index is -5.04. The Balaban J connectivity index is 2.35. The van der Waals surface area contributed by atoms with Gasteiger partial charge in [0.2, 0.25) is 0 Å². The Kier molecular flexibility index (Phi) is 4.73. The molecular formula is C11H5F5N4O3S. The maximum absolute atomic E-state index is 12.8. The zero-order valence-electron chi connectivity index (χ0n) is 11.2. The second kappa shape index (κ2) is 6.43. The Bertz CT molecular complexity index is 792. The number of nitrogens with zero attached hydrogens (tertiary/aromatic N) is 3. The predicted molar refractivity (Wildman–Crippen MR) is 70.9 cm³/mol. The fourth-order valence-corrected chi connectivity index (χ4v) is 2.25. The van der Waals surface area contributed by atoms with Crippen molar-refractivity contribution in [1.29, 1.82) is 0 Å². The van der Waals surface area contributed by atoms with Crippen molar-refractivity contribution in [2.75, 3.05) is 5.32 Å². The van der Waals surface area contributed by atoms with Gasteiger partial charge in [-0.3, -0.25) is 14.9 Å². The molecule has 2 aromatic rings. The van der Waals surface area contributed by atoms with Gasteiger partial charge in [0, 0.05) is 11.8 Å². The molecule has 2 rings (SSSR count). The summed E-state index contributed by atoms with van der Waals surface area (Å²) < 4.78 is 66.9. The Morgan fingerprint density at radius 1 is 1.33 bits per heavy atom. The van der Waals surface area contributed by atoms with E-state index in [-0.39, 0.29) is 0 Å². The van der Waals surface area contributed by atoms with Gasteiger partial charge in [0.05, 0.1) is 4.92 Å². The summed E-state index contributed by atoms with van der Waals surface area (Å²) in [7, 11) is 0. The number of halogens is 5. The van der Waals surface area contributed by atoms with Crippen LogP contribution in [-0.4, -0.2) is 20.4 Å². The average molecular weight is 368 g/mol. The lowest BCUT2D eigenvalue weighted by Crippen LogP contribution is -2.15. The number of anilines is 1. The molecule has 0 spiro atoms. The van der Waals surface area contributed by atoms with Gasteiger partial charge in [0.25, 0.3) is 18.0 Å². The minimum Gasteiger partial charge on any atom is -0.321 e. The van der Waals surface area contributed by atoms with Crippen LogP contribution in [0.1, 0.15) is 27.4 Å². The van der Waals surface area contributed by atoms with E-state index in [0.717, 1.165) is 6.07 Å². The molecule has 1 aromatic carbocycles. The van der Waals surface area contributed by atoms with Crippen molar-refractivity contribution < 1.29 is 31.7 Å². The number of nitrogens with one attached hydrogen (secondary N) is 1. The van der Waals surface area contributed by atoms with Crippen molar-refractivity contribution in [2.24, 2.45) is 0 Å². The van der Waals surface area contributed by atoms with Crippen molar-refractivity contribution >= 4 is 28.8 Å². The van der Waals surface area contributed by atoms with Crippen LogP contribution in [0.2, 0.25) is 0 Å².